The standard InChI is InChI=1S/C23H30N2O3/c1-4-5-6-17-28-21-14-10-19(11-15-21)23(27)24-20-12-7-18(8-13-20)9-16-22(26)25(2)3/h7-8,10-15H,4-6,9,16-17H2,1-3H3,(H,24,27). The maximum absolute atomic E-state index is 12.4. The number of aryl methyl sites for hydroxylation is 1. The molecule has 2 aromatic carbocycles. The first-order chi connectivity index (χ1) is 13.5. The van der Waals surface area contributed by atoms with Gasteiger partial charge in [0.05, 0.1) is 6.61 Å². The van der Waals surface area contributed by atoms with E-state index in [4.69, 9.17) is 4.74 Å². The van der Waals surface area contributed by atoms with Crippen LogP contribution in [-0.2, 0) is 11.2 Å². The first-order valence-corrected chi connectivity index (χ1v) is 9.83. The van der Waals surface area contributed by atoms with Crippen LogP contribution in [0.5, 0.6) is 5.75 Å². The summed E-state index contributed by atoms with van der Waals surface area (Å²) in [4.78, 5) is 25.6. The van der Waals surface area contributed by atoms with Crippen LogP contribution in [0.2, 0.25) is 0 Å². The Bertz CT molecular complexity index is 752. The van der Waals surface area contributed by atoms with Crippen molar-refractivity contribution in [2.75, 3.05) is 26.0 Å². The van der Waals surface area contributed by atoms with E-state index in [1.807, 2.05) is 36.4 Å². The van der Waals surface area contributed by atoms with E-state index in [1.165, 1.54) is 0 Å². The number of carbonyl (C=O) groups excluding carboxylic acids is 2. The summed E-state index contributed by atoms with van der Waals surface area (Å²) in [6, 6.07) is 14.8. The van der Waals surface area contributed by atoms with Crippen molar-refractivity contribution < 1.29 is 14.3 Å². The Kier molecular flexibility index (Phi) is 8.53. The second-order valence-electron chi connectivity index (χ2n) is 7.02. The molecule has 0 aliphatic rings. The number of nitrogens with one attached hydrogen (secondary N) is 1. The zero-order chi connectivity index (χ0) is 20.4. The molecule has 0 bridgehead atoms. The number of carbonyl (C=O) groups is 2. The zero-order valence-corrected chi connectivity index (χ0v) is 17.0. The summed E-state index contributed by atoms with van der Waals surface area (Å²) in [6.07, 6.45) is 4.53. The minimum Gasteiger partial charge on any atom is -0.494 e. The highest BCUT2D eigenvalue weighted by Crippen LogP contribution is 2.16. The lowest BCUT2D eigenvalue weighted by Gasteiger charge is -2.10. The van der Waals surface area contributed by atoms with Crippen LogP contribution in [0.3, 0.4) is 0 Å². The summed E-state index contributed by atoms with van der Waals surface area (Å²) >= 11 is 0. The summed E-state index contributed by atoms with van der Waals surface area (Å²) < 4.78 is 5.67. The Balaban J connectivity index is 1.84. The molecule has 0 spiro atoms. The molecule has 150 valence electrons. The smallest absolute Gasteiger partial charge is 0.255 e. The molecular weight excluding hydrogens is 352 g/mol. The Labute approximate surface area is 167 Å². The fourth-order valence-electron chi connectivity index (χ4n) is 2.68. The van der Waals surface area contributed by atoms with Gasteiger partial charge in [-0.1, -0.05) is 31.9 Å². The predicted octanol–water partition coefficient (Wildman–Crippen LogP) is 4.53. The van der Waals surface area contributed by atoms with Crippen LogP contribution < -0.4 is 10.1 Å². The second kappa shape index (κ2) is 11.1. The average molecular weight is 383 g/mol. The van der Waals surface area contributed by atoms with Crippen molar-refractivity contribution in [1.29, 1.82) is 0 Å². The molecule has 1 N–H and O–H groups in total. The molecule has 2 aromatic rings. The summed E-state index contributed by atoms with van der Waals surface area (Å²) in [5.41, 5.74) is 2.38. The van der Waals surface area contributed by atoms with Gasteiger partial charge in [0.25, 0.3) is 5.91 Å². The SMILES string of the molecule is CCCCCOc1ccc(C(=O)Nc2ccc(CCC(=O)N(C)C)cc2)cc1. The van der Waals surface area contributed by atoms with E-state index in [1.54, 1.807) is 31.1 Å². The minimum absolute atomic E-state index is 0.107. The number of benzene rings is 2. The van der Waals surface area contributed by atoms with Crippen LogP contribution in [-0.4, -0.2) is 37.4 Å². The molecule has 0 saturated carbocycles. The fourth-order valence-corrected chi connectivity index (χ4v) is 2.68. The van der Waals surface area contributed by atoms with Crippen LogP contribution >= 0.6 is 0 Å². The number of hydrogen-bond donors (Lipinski definition) is 1. The van der Waals surface area contributed by atoms with E-state index in [-0.39, 0.29) is 11.8 Å². The molecule has 0 aliphatic carbocycles. The normalized spacial score (nSPS) is 10.4. The Morgan fingerprint density at radius 3 is 2.25 bits per heavy atom. The van der Waals surface area contributed by atoms with Gasteiger partial charge in [-0.25, -0.2) is 0 Å². The van der Waals surface area contributed by atoms with Crippen LogP contribution in [0, 0.1) is 0 Å². The largest absolute Gasteiger partial charge is 0.494 e. The lowest BCUT2D eigenvalue weighted by atomic mass is 10.1. The van der Waals surface area contributed by atoms with Gasteiger partial charge in [0.15, 0.2) is 0 Å². The maximum Gasteiger partial charge on any atom is 0.255 e. The molecule has 0 heterocycles. The molecule has 0 radical (unpaired) electrons. The number of amides is 2. The van der Waals surface area contributed by atoms with Gasteiger partial charge in [-0.05, 0) is 54.8 Å². The first kappa shape index (κ1) is 21.5. The average Bonchev–Trinajstić information content (AvgIpc) is 2.70. The molecule has 0 saturated heterocycles. The number of rotatable bonds is 10. The molecule has 2 rings (SSSR count). The van der Waals surface area contributed by atoms with Gasteiger partial charge in [0.1, 0.15) is 5.75 Å². The lowest BCUT2D eigenvalue weighted by Crippen LogP contribution is -2.21. The summed E-state index contributed by atoms with van der Waals surface area (Å²) in [7, 11) is 3.51. The summed E-state index contributed by atoms with van der Waals surface area (Å²) in [6.45, 7) is 2.86. The van der Waals surface area contributed by atoms with E-state index in [0.29, 0.717) is 25.0 Å². The van der Waals surface area contributed by atoms with Gasteiger partial charge in [0, 0.05) is 31.8 Å². The van der Waals surface area contributed by atoms with Gasteiger partial charge in [-0.3, -0.25) is 9.59 Å². The summed E-state index contributed by atoms with van der Waals surface area (Å²) in [5.74, 6) is 0.729. The van der Waals surface area contributed by atoms with Crippen molar-refractivity contribution in [3.05, 3.63) is 59.7 Å². The molecule has 2 amide bonds. The van der Waals surface area contributed by atoms with Gasteiger partial charge < -0.3 is 15.0 Å². The minimum atomic E-state index is -0.159. The molecule has 0 aliphatic heterocycles. The van der Waals surface area contributed by atoms with Crippen molar-refractivity contribution in [1.82, 2.24) is 4.90 Å². The van der Waals surface area contributed by atoms with Crippen LogP contribution in [0.15, 0.2) is 48.5 Å². The fraction of sp³-hybridized carbons (Fsp3) is 0.391. The van der Waals surface area contributed by atoms with Gasteiger partial charge in [-0.15, -0.1) is 0 Å². The predicted molar refractivity (Wildman–Crippen MR) is 113 cm³/mol. The van der Waals surface area contributed by atoms with E-state index in [2.05, 4.69) is 12.2 Å². The first-order valence-electron chi connectivity index (χ1n) is 9.83. The molecule has 5 heteroatoms. The molecule has 28 heavy (non-hydrogen) atoms. The molecular formula is C23H30N2O3. The Morgan fingerprint density at radius 2 is 1.64 bits per heavy atom. The van der Waals surface area contributed by atoms with E-state index >= 15 is 0 Å². The van der Waals surface area contributed by atoms with Crippen molar-refractivity contribution in [2.24, 2.45) is 0 Å². The third kappa shape index (κ3) is 7.06. The quantitative estimate of drug-likeness (QED) is 0.614. The Hall–Kier alpha value is -2.82. The number of ether oxygens (including phenoxy) is 1. The maximum atomic E-state index is 12.4. The highest BCUT2D eigenvalue weighted by atomic mass is 16.5. The van der Waals surface area contributed by atoms with Crippen molar-refractivity contribution in [3.8, 4) is 5.75 Å². The number of anilines is 1. The third-order valence-electron chi connectivity index (χ3n) is 4.47. The Morgan fingerprint density at radius 1 is 0.964 bits per heavy atom. The molecule has 0 aromatic heterocycles. The number of unbranched alkanes of at least 4 members (excludes halogenated alkanes) is 2. The topological polar surface area (TPSA) is 58.6 Å². The van der Waals surface area contributed by atoms with Crippen molar-refractivity contribution in [3.63, 3.8) is 0 Å². The van der Waals surface area contributed by atoms with Crippen molar-refractivity contribution >= 4 is 17.5 Å². The molecule has 0 atom stereocenters. The van der Waals surface area contributed by atoms with Crippen molar-refractivity contribution in [2.45, 2.75) is 39.0 Å². The number of hydrogen-bond acceptors (Lipinski definition) is 3. The second-order valence-corrected chi connectivity index (χ2v) is 7.02. The highest BCUT2D eigenvalue weighted by Gasteiger charge is 2.08. The lowest BCUT2D eigenvalue weighted by molar-refractivity contribution is -0.128. The van der Waals surface area contributed by atoms with Gasteiger partial charge >= 0.3 is 0 Å². The van der Waals surface area contributed by atoms with E-state index in [0.717, 1.165) is 36.3 Å². The van der Waals surface area contributed by atoms with E-state index in [9.17, 15) is 9.59 Å². The van der Waals surface area contributed by atoms with Crippen LogP contribution in [0.4, 0.5) is 5.69 Å². The monoisotopic (exact) mass is 382 g/mol. The molecule has 5 nitrogen and oxygen atoms in total. The van der Waals surface area contributed by atoms with Crippen LogP contribution in [0.25, 0.3) is 0 Å². The van der Waals surface area contributed by atoms with E-state index < -0.39 is 0 Å². The highest BCUT2D eigenvalue weighted by molar-refractivity contribution is 6.04. The zero-order valence-electron chi connectivity index (χ0n) is 17.0. The summed E-state index contributed by atoms with van der Waals surface area (Å²) in [5, 5.41) is 2.89. The van der Waals surface area contributed by atoms with Gasteiger partial charge in [0.2, 0.25) is 5.91 Å². The third-order valence-corrected chi connectivity index (χ3v) is 4.47. The molecule has 0 unspecified atom stereocenters. The number of nitrogens with zero attached hydrogens (tertiary/aromatic N) is 1. The molecule has 0 fully saturated rings. The van der Waals surface area contributed by atoms with Gasteiger partial charge in [-0.2, -0.15) is 0 Å². The van der Waals surface area contributed by atoms with Crippen LogP contribution in [0.1, 0.15) is 48.5 Å².